The standard InChI is InChI=1S/C22H22N4O/c27-21(25-15-7-8-16-25)20-13-14-23-22(24-20)26(19-11-5-2-6-12-19)17-18-9-3-1-4-10-18/h1-6,9-14H,7-8,15-17H2. The Balaban J connectivity index is 1.67. The van der Waals surface area contributed by atoms with Crippen molar-refractivity contribution < 1.29 is 4.79 Å². The first-order valence-electron chi connectivity index (χ1n) is 9.30. The molecule has 1 aliphatic rings. The van der Waals surface area contributed by atoms with Crippen LogP contribution in [0.3, 0.4) is 0 Å². The molecule has 0 radical (unpaired) electrons. The molecule has 1 fully saturated rings. The molecule has 27 heavy (non-hydrogen) atoms. The van der Waals surface area contributed by atoms with Crippen LogP contribution < -0.4 is 4.90 Å². The van der Waals surface area contributed by atoms with Crippen LogP contribution in [-0.4, -0.2) is 33.9 Å². The van der Waals surface area contributed by atoms with Crippen LogP contribution in [0.25, 0.3) is 0 Å². The average Bonchev–Trinajstić information content (AvgIpc) is 3.28. The topological polar surface area (TPSA) is 49.3 Å². The molecular formula is C22H22N4O. The first kappa shape index (κ1) is 17.2. The second-order valence-electron chi connectivity index (χ2n) is 6.65. The number of benzene rings is 2. The third-order valence-corrected chi connectivity index (χ3v) is 4.75. The number of carbonyl (C=O) groups excluding carboxylic acids is 1. The van der Waals surface area contributed by atoms with Gasteiger partial charge in [0.05, 0.1) is 6.54 Å². The van der Waals surface area contributed by atoms with Gasteiger partial charge in [0.25, 0.3) is 5.91 Å². The van der Waals surface area contributed by atoms with Gasteiger partial charge in [-0.3, -0.25) is 4.79 Å². The van der Waals surface area contributed by atoms with E-state index in [-0.39, 0.29) is 5.91 Å². The molecule has 1 saturated heterocycles. The maximum absolute atomic E-state index is 12.7. The van der Waals surface area contributed by atoms with E-state index in [4.69, 9.17) is 0 Å². The van der Waals surface area contributed by atoms with Crippen LogP contribution in [-0.2, 0) is 6.54 Å². The zero-order chi connectivity index (χ0) is 18.5. The summed E-state index contributed by atoms with van der Waals surface area (Å²) in [5.74, 6) is 0.527. The first-order chi connectivity index (χ1) is 13.3. The minimum absolute atomic E-state index is 0.0103. The summed E-state index contributed by atoms with van der Waals surface area (Å²) in [6.45, 7) is 2.25. The van der Waals surface area contributed by atoms with Crippen molar-refractivity contribution in [2.24, 2.45) is 0 Å². The molecule has 0 spiro atoms. The van der Waals surface area contributed by atoms with E-state index >= 15 is 0 Å². The lowest BCUT2D eigenvalue weighted by molar-refractivity contribution is 0.0787. The molecule has 2 heterocycles. The molecule has 0 aliphatic carbocycles. The Kier molecular flexibility index (Phi) is 5.10. The summed E-state index contributed by atoms with van der Waals surface area (Å²) in [6, 6.07) is 21.9. The lowest BCUT2D eigenvalue weighted by Gasteiger charge is -2.23. The number of likely N-dealkylation sites (tertiary alicyclic amines) is 1. The molecule has 5 nitrogen and oxygen atoms in total. The van der Waals surface area contributed by atoms with Crippen LogP contribution in [0.15, 0.2) is 72.9 Å². The molecule has 0 atom stereocenters. The monoisotopic (exact) mass is 358 g/mol. The van der Waals surface area contributed by atoms with Gasteiger partial charge >= 0.3 is 0 Å². The minimum atomic E-state index is -0.0103. The number of aromatic nitrogens is 2. The van der Waals surface area contributed by atoms with E-state index in [1.807, 2.05) is 58.3 Å². The highest BCUT2D eigenvalue weighted by molar-refractivity contribution is 5.92. The minimum Gasteiger partial charge on any atom is -0.337 e. The Hall–Kier alpha value is -3.21. The van der Waals surface area contributed by atoms with Crippen molar-refractivity contribution in [2.45, 2.75) is 19.4 Å². The lowest BCUT2D eigenvalue weighted by atomic mass is 10.2. The van der Waals surface area contributed by atoms with Gasteiger partial charge in [-0.1, -0.05) is 48.5 Å². The van der Waals surface area contributed by atoms with Crippen molar-refractivity contribution in [3.8, 4) is 0 Å². The quantitative estimate of drug-likeness (QED) is 0.690. The molecule has 1 aromatic heterocycles. The second-order valence-corrected chi connectivity index (χ2v) is 6.65. The van der Waals surface area contributed by atoms with Gasteiger partial charge in [-0.25, -0.2) is 9.97 Å². The Morgan fingerprint density at radius 1 is 0.926 bits per heavy atom. The number of amides is 1. The van der Waals surface area contributed by atoms with Crippen LogP contribution in [0.2, 0.25) is 0 Å². The number of rotatable bonds is 5. The summed E-state index contributed by atoms with van der Waals surface area (Å²) in [4.78, 5) is 25.7. The number of hydrogen-bond donors (Lipinski definition) is 0. The largest absolute Gasteiger partial charge is 0.337 e. The highest BCUT2D eigenvalue weighted by Gasteiger charge is 2.22. The number of para-hydroxylation sites is 1. The number of carbonyl (C=O) groups is 1. The maximum atomic E-state index is 12.7. The zero-order valence-corrected chi connectivity index (χ0v) is 15.2. The summed E-state index contributed by atoms with van der Waals surface area (Å²) in [5, 5.41) is 0. The number of anilines is 2. The Bertz CT molecular complexity index is 892. The summed E-state index contributed by atoms with van der Waals surface area (Å²) in [5.41, 5.74) is 2.60. The summed E-state index contributed by atoms with van der Waals surface area (Å²) >= 11 is 0. The van der Waals surface area contributed by atoms with Gasteiger partial charge in [-0.05, 0) is 36.6 Å². The van der Waals surface area contributed by atoms with Crippen LogP contribution in [0.4, 0.5) is 11.6 Å². The predicted molar refractivity (Wildman–Crippen MR) is 106 cm³/mol. The molecule has 0 saturated carbocycles. The van der Waals surface area contributed by atoms with E-state index in [2.05, 4.69) is 22.1 Å². The van der Waals surface area contributed by atoms with Gasteiger partial charge in [-0.15, -0.1) is 0 Å². The highest BCUT2D eigenvalue weighted by Crippen LogP contribution is 2.24. The molecule has 0 N–H and O–H groups in total. The van der Waals surface area contributed by atoms with Gasteiger partial charge in [0.2, 0.25) is 5.95 Å². The summed E-state index contributed by atoms with van der Waals surface area (Å²) in [6.07, 6.45) is 3.80. The highest BCUT2D eigenvalue weighted by atomic mass is 16.2. The maximum Gasteiger partial charge on any atom is 0.272 e. The Morgan fingerprint density at radius 2 is 1.59 bits per heavy atom. The van der Waals surface area contributed by atoms with Crippen molar-refractivity contribution in [1.82, 2.24) is 14.9 Å². The molecule has 5 heteroatoms. The van der Waals surface area contributed by atoms with Crippen LogP contribution in [0, 0.1) is 0 Å². The van der Waals surface area contributed by atoms with Crippen LogP contribution >= 0.6 is 0 Å². The first-order valence-corrected chi connectivity index (χ1v) is 9.30. The van der Waals surface area contributed by atoms with Gasteiger partial charge in [0.1, 0.15) is 5.69 Å². The zero-order valence-electron chi connectivity index (χ0n) is 15.2. The molecule has 0 bridgehead atoms. The third kappa shape index (κ3) is 3.97. The van der Waals surface area contributed by atoms with Gasteiger partial charge < -0.3 is 9.80 Å². The summed E-state index contributed by atoms with van der Waals surface area (Å²) < 4.78 is 0. The molecule has 136 valence electrons. The second kappa shape index (κ2) is 7.99. The number of nitrogens with zero attached hydrogens (tertiary/aromatic N) is 4. The van der Waals surface area contributed by atoms with E-state index < -0.39 is 0 Å². The third-order valence-electron chi connectivity index (χ3n) is 4.75. The molecule has 0 unspecified atom stereocenters. The molecule has 1 amide bonds. The van der Waals surface area contributed by atoms with E-state index in [1.54, 1.807) is 12.3 Å². The van der Waals surface area contributed by atoms with Crippen molar-refractivity contribution in [1.29, 1.82) is 0 Å². The summed E-state index contributed by atoms with van der Waals surface area (Å²) in [7, 11) is 0. The number of hydrogen-bond acceptors (Lipinski definition) is 4. The smallest absolute Gasteiger partial charge is 0.272 e. The fourth-order valence-corrected chi connectivity index (χ4v) is 3.33. The van der Waals surface area contributed by atoms with Crippen molar-refractivity contribution in [2.75, 3.05) is 18.0 Å². The van der Waals surface area contributed by atoms with Crippen LogP contribution in [0.5, 0.6) is 0 Å². The van der Waals surface area contributed by atoms with Gasteiger partial charge in [0.15, 0.2) is 0 Å². The normalized spacial score (nSPS) is 13.6. The fraction of sp³-hybridized carbons (Fsp3) is 0.227. The predicted octanol–water partition coefficient (Wildman–Crippen LogP) is 4.05. The van der Waals surface area contributed by atoms with Crippen molar-refractivity contribution in [3.05, 3.63) is 84.2 Å². The molecular weight excluding hydrogens is 336 g/mol. The lowest BCUT2D eigenvalue weighted by Crippen LogP contribution is -2.29. The molecule has 1 aliphatic heterocycles. The van der Waals surface area contributed by atoms with Gasteiger partial charge in [0, 0.05) is 25.0 Å². The molecule has 3 aromatic rings. The van der Waals surface area contributed by atoms with Crippen molar-refractivity contribution in [3.63, 3.8) is 0 Å². The van der Waals surface area contributed by atoms with Gasteiger partial charge in [-0.2, -0.15) is 0 Å². The SMILES string of the molecule is O=C(c1ccnc(N(Cc2ccccc2)c2ccccc2)n1)N1CCCC1. The van der Waals surface area contributed by atoms with E-state index in [1.165, 1.54) is 0 Å². The van der Waals surface area contributed by atoms with E-state index in [0.29, 0.717) is 18.2 Å². The van der Waals surface area contributed by atoms with E-state index in [0.717, 1.165) is 37.2 Å². The molecule has 4 rings (SSSR count). The fourth-order valence-electron chi connectivity index (χ4n) is 3.33. The van der Waals surface area contributed by atoms with Crippen molar-refractivity contribution >= 4 is 17.5 Å². The molecule has 2 aromatic carbocycles. The van der Waals surface area contributed by atoms with E-state index in [9.17, 15) is 4.79 Å². The average molecular weight is 358 g/mol. The Labute approximate surface area is 159 Å². The van der Waals surface area contributed by atoms with Crippen LogP contribution in [0.1, 0.15) is 28.9 Å². The Morgan fingerprint density at radius 3 is 2.30 bits per heavy atom.